The van der Waals surface area contributed by atoms with Crippen LogP contribution in [0.4, 0.5) is 10.1 Å². The number of rotatable bonds is 6. The van der Waals surface area contributed by atoms with Crippen molar-refractivity contribution in [2.24, 2.45) is 0 Å². The van der Waals surface area contributed by atoms with E-state index >= 15 is 0 Å². The summed E-state index contributed by atoms with van der Waals surface area (Å²) in [5.41, 5.74) is 0.496. The quantitative estimate of drug-likeness (QED) is 0.808. The van der Waals surface area contributed by atoms with Crippen LogP contribution in [0.1, 0.15) is 18.5 Å². The molecule has 2 aromatic rings. The molecule has 8 heteroatoms. The van der Waals surface area contributed by atoms with Crippen molar-refractivity contribution >= 4 is 23.3 Å². The number of ketones is 1. The Hall–Kier alpha value is -3.68. The second-order valence-electron chi connectivity index (χ2n) is 6.11. The van der Waals surface area contributed by atoms with Crippen molar-refractivity contribution < 1.29 is 33.7 Å². The number of amides is 1. The first-order chi connectivity index (χ1) is 13.3. The van der Waals surface area contributed by atoms with Gasteiger partial charge in [-0.3, -0.25) is 14.5 Å². The van der Waals surface area contributed by atoms with Gasteiger partial charge < -0.3 is 19.7 Å². The van der Waals surface area contributed by atoms with Gasteiger partial charge in [0.1, 0.15) is 18.2 Å². The maximum Gasteiger partial charge on any atom is 0.294 e. The molecule has 0 aliphatic carbocycles. The topological polar surface area (TPSA) is 107 Å². The Morgan fingerprint density at radius 3 is 2.46 bits per heavy atom. The Kier molecular flexibility index (Phi) is 5.12. The predicted octanol–water partition coefficient (Wildman–Crippen LogP) is 1.44. The summed E-state index contributed by atoms with van der Waals surface area (Å²) >= 11 is 0. The summed E-state index contributed by atoms with van der Waals surface area (Å²) in [4.78, 5) is 36.4. The first kappa shape index (κ1) is 19.1. The van der Waals surface area contributed by atoms with Gasteiger partial charge in [-0.2, -0.15) is 0 Å². The van der Waals surface area contributed by atoms with E-state index in [0.717, 1.165) is 0 Å². The summed E-state index contributed by atoms with van der Waals surface area (Å²) in [6.45, 7) is 0.580. The third-order valence-electron chi connectivity index (χ3n) is 4.22. The van der Waals surface area contributed by atoms with Gasteiger partial charge >= 0.3 is 0 Å². The maximum atomic E-state index is 13.7. The van der Waals surface area contributed by atoms with Gasteiger partial charge in [-0.1, -0.05) is 12.1 Å². The highest BCUT2D eigenvalue weighted by molar-refractivity contribution is 6.16. The molecule has 1 atom stereocenters. The molecule has 0 saturated heterocycles. The molecule has 3 rings (SSSR count). The first-order valence-corrected chi connectivity index (χ1v) is 8.25. The number of anilines is 1. The Balaban J connectivity index is 2.02. The molecular formula is C20H15FNO6-. The average Bonchev–Trinajstić information content (AvgIpc) is 2.92. The zero-order valence-electron chi connectivity index (χ0n) is 14.7. The number of ether oxygens (including phenoxy) is 1. The van der Waals surface area contributed by atoms with Crippen molar-refractivity contribution in [3.05, 3.63) is 71.2 Å². The van der Waals surface area contributed by atoms with Gasteiger partial charge in [0.05, 0.1) is 17.6 Å². The normalized spacial score (nSPS) is 16.4. The van der Waals surface area contributed by atoms with Crippen LogP contribution in [0.3, 0.4) is 0 Å². The lowest BCUT2D eigenvalue weighted by Crippen LogP contribution is -2.31. The van der Waals surface area contributed by atoms with Gasteiger partial charge in [-0.25, -0.2) is 4.39 Å². The van der Waals surface area contributed by atoms with E-state index in [-0.39, 0.29) is 11.3 Å². The second-order valence-corrected chi connectivity index (χ2v) is 6.11. The number of nitrogens with zero attached hydrogens (tertiary/aromatic N) is 1. The van der Waals surface area contributed by atoms with Crippen LogP contribution < -0.4 is 14.7 Å². The molecule has 28 heavy (non-hydrogen) atoms. The van der Waals surface area contributed by atoms with Gasteiger partial charge in [0, 0.05) is 5.69 Å². The number of hydrogen-bond acceptors (Lipinski definition) is 6. The van der Waals surface area contributed by atoms with Crippen LogP contribution in [-0.2, 0) is 14.4 Å². The minimum absolute atomic E-state index is 0.132. The lowest BCUT2D eigenvalue weighted by Gasteiger charge is -2.27. The van der Waals surface area contributed by atoms with E-state index in [9.17, 15) is 29.0 Å². The zero-order chi connectivity index (χ0) is 20.4. The predicted molar refractivity (Wildman–Crippen MR) is 93.9 cm³/mol. The summed E-state index contributed by atoms with van der Waals surface area (Å²) in [6.07, 6.45) is 0. The van der Waals surface area contributed by atoms with Crippen molar-refractivity contribution in [3.8, 4) is 5.75 Å². The Bertz CT molecular complexity index is 982. The SMILES string of the molecule is CC(=O)C1=C(O)C(=O)N(c2ccc(OCC(=O)[O-])cc2)[C@H]1c1cccc(F)c1. The van der Waals surface area contributed by atoms with Crippen LogP contribution in [-0.4, -0.2) is 29.4 Å². The van der Waals surface area contributed by atoms with Crippen LogP contribution >= 0.6 is 0 Å². The summed E-state index contributed by atoms with van der Waals surface area (Å²) < 4.78 is 18.7. The third kappa shape index (κ3) is 3.57. The van der Waals surface area contributed by atoms with Crippen molar-refractivity contribution in [1.29, 1.82) is 0 Å². The minimum atomic E-state index is -1.38. The van der Waals surface area contributed by atoms with Gasteiger partial charge in [0.25, 0.3) is 5.91 Å². The Morgan fingerprint density at radius 2 is 1.89 bits per heavy atom. The number of Topliss-reactive ketones (excluding diaryl/α,β-unsaturated/α-hetero) is 1. The van der Waals surface area contributed by atoms with E-state index < -0.39 is 41.9 Å². The lowest BCUT2D eigenvalue weighted by molar-refractivity contribution is -0.307. The van der Waals surface area contributed by atoms with Gasteiger partial charge in [-0.05, 0) is 48.9 Å². The number of benzene rings is 2. The number of hydrogen-bond donors (Lipinski definition) is 1. The Labute approximate surface area is 159 Å². The number of halogens is 1. The number of aliphatic hydroxyl groups is 1. The summed E-state index contributed by atoms with van der Waals surface area (Å²) in [6, 6.07) is 10.2. The van der Waals surface area contributed by atoms with Crippen molar-refractivity contribution in [3.63, 3.8) is 0 Å². The van der Waals surface area contributed by atoms with E-state index in [2.05, 4.69) is 0 Å². The van der Waals surface area contributed by atoms with Crippen molar-refractivity contribution in [2.75, 3.05) is 11.5 Å². The van der Waals surface area contributed by atoms with E-state index in [1.54, 1.807) is 6.07 Å². The van der Waals surface area contributed by atoms with E-state index in [4.69, 9.17) is 4.74 Å². The van der Waals surface area contributed by atoms with Gasteiger partial charge in [-0.15, -0.1) is 0 Å². The fourth-order valence-corrected chi connectivity index (χ4v) is 3.07. The molecule has 0 bridgehead atoms. The van der Waals surface area contributed by atoms with Crippen LogP contribution in [0.5, 0.6) is 5.75 Å². The van der Waals surface area contributed by atoms with Crippen LogP contribution in [0.25, 0.3) is 0 Å². The monoisotopic (exact) mass is 384 g/mol. The molecule has 2 aromatic carbocycles. The Morgan fingerprint density at radius 1 is 1.21 bits per heavy atom. The molecule has 0 saturated carbocycles. The largest absolute Gasteiger partial charge is 0.546 e. The number of aliphatic hydroxyl groups excluding tert-OH is 1. The number of carboxylic acid groups (broad SMARTS) is 1. The molecule has 0 fully saturated rings. The smallest absolute Gasteiger partial charge is 0.294 e. The molecule has 1 N–H and O–H groups in total. The fraction of sp³-hybridized carbons (Fsp3) is 0.150. The fourth-order valence-electron chi connectivity index (χ4n) is 3.07. The highest BCUT2D eigenvalue weighted by atomic mass is 19.1. The molecule has 1 amide bonds. The first-order valence-electron chi connectivity index (χ1n) is 8.25. The molecular weight excluding hydrogens is 369 g/mol. The highest BCUT2D eigenvalue weighted by Gasteiger charge is 2.43. The standard InChI is InChI=1S/C20H16FNO6/c1-11(23)17-18(12-3-2-4-13(21)9-12)22(20(27)19(17)26)14-5-7-15(8-6-14)28-10-16(24)25/h2-9,18,26H,10H2,1H3,(H,24,25)/p-1/t18-/m0/s1. The summed E-state index contributed by atoms with van der Waals surface area (Å²) in [7, 11) is 0. The van der Waals surface area contributed by atoms with Crippen LogP contribution in [0.15, 0.2) is 59.9 Å². The number of carboxylic acids is 1. The molecule has 0 aromatic heterocycles. The second kappa shape index (κ2) is 7.51. The van der Waals surface area contributed by atoms with Crippen molar-refractivity contribution in [2.45, 2.75) is 13.0 Å². The van der Waals surface area contributed by atoms with E-state index in [0.29, 0.717) is 11.3 Å². The van der Waals surface area contributed by atoms with Gasteiger partial charge in [0.15, 0.2) is 11.5 Å². The molecule has 0 unspecified atom stereocenters. The number of carbonyl (C=O) groups is 3. The maximum absolute atomic E-state index is 13.7. The summed E-state index contributed by atoms with van der Waals surface area (Å²) in [5, 5.41) is 20.7. The van der Waals surface area contributed by atoms with Crippen LogP contribution in [0, 0.1) is 5.82 Å². The zero-order valence-corrected chi connectivity index (χ0v) is 14.7. The lowest BCUT2D eigenvalue weighted by atomic mass is 9.96. The molecule has 0 radical (unpaired) electrons. The molecule has 144 valence electrons. The van der Waals surface area contributed by atoms with Crippen LogP contribution in [0.2, 0.25) is 0 Å². The minimum Gasteiger partial charge on any atom is -0.546 e. The average molecular weight is 384 g/mol. The number of aliphatic carboxylic acids is 1. The molecule has 7 nitrogen and oxygen atoms in total. The van der Waals surface area contributed by atoms with Gasteiger partial charge in [0.2, 0.25) is 0 Å². The third-order valence-corrected chi connectivity index (χ3v) is 4.22. The molecule has 1 aliphatic heterocycles. The van der Waals surface area contributed by atoms with E-state index in [1.165, 1.54) is 54.3 Å². The molecule has 1 heterocycles. The number of carbonyl (C=O) groups excluding carboxylic acids is 3. The van der Waals surface area contributed by atoms with Crippen molar-refractivity contribution in [1.82, 2.24) is 0 Å². The molecule has 1 aliphatic rings. The summed E-state index contributed by atoms with van der Waals surface area (Å²) in [5.74, 6) is -3.72. The van der Waals surface area contributed by atoms with E-state index in [1.807, 2.05) is 0 Å². The highest BCUT2D eigenvalue weighted by Crippen LogP contribution is 2.41. The molecule has 0 spiro atoms.